The minimum absolute atomic E-state index is 0.0398. The lowest BCUT2D eigenvalue weighted by molar-refractivity contribution is 0.0600. The molecule has 0 aliphatic carbocycles. The van der Waals surface area contributed by atoms with Crippen LogP contribution in [-0.2, 0) is 14.8 Å². The van der Waals surface area contributed by atoms with Crippen LogP contribution in [0.4, 0.5) is 11.4 Å². The van der Waals surface area contributed by atoms with E-state index in [1.165, 1.54) is 31.4 Å². The van der Waals surface area contributed by atoms with E-state index >= 15 is 0 Å². The lowest BCUT2D eigenvalue weighted by atomic mass is 10.1. The predicted molar refractivity (Wildman–Crippen MR) is 149 cm³/mol. The monoisotopic (exact) mass is 531 g/mol. The summed E-state index contributed by atoms with van der Waals surface area (Å²) in [6, 6.07) is 23.7. The molecule has 0 radical (unpaired) electrons. The van der Waals surface area contributed by atoms with Gasteiger partial charge in [0.15, 0.2) is 0 Å². The van der Waals surface area contributed by atoms with Gasteiger partial charge in [-0.1, -0.05) is 54.6 Å². The second kappa shape index (κ2) is 10.9. The van der Waals surface area contributed by atoms with Crippen LogP contribution in [0.2, 0.25) is 0 Å². The largest absolute Gasteiger partial charge is 0.465 e. The number of methoxy groups -OCH3 is 1. The van der Waals surface area contributed by atoms with Crippen molar-refractivity contribution in [2.75, 3.05) is 30.8 Å². The average Bonchev–Trinajstić information content (AvgIpc) is 2.91. The summed E-state index contributed by atoms with van der Waals surface area (Å²) in [5.74, 6) is -1.16. The molecule has 9 heteroatoms. The maximum Gasteiger partial charge on any atom is 0.337 e. The molecule has 0 aromatic heterocycles. The molecule has 2 N–H and O–H groups in total. The van der Waals surface area contributed by atoms with E-state index in [9.17, 15) is 18.0 Å². The van der Waals surface area contributed by atoms with Crippen LogP contribution in [0.5, 0.6) is 0 Å². The summed E-state index contributed by atoms with van der Waals surface area (Å²) in [4.78, 5) is 27.5. The highest BCUT2D eigenvalue weighted by atomic mass is 32.2. The van der Waals surface area contributed by atoms with Crippen molar-refractivity contribution >= 4 is 44.0 Å². The first-order valence-electron chi connectivity index (χ1n) is 11.9. The molecule has 4 aromatic carbocycles. The van der Waals surface area contributed by atoms with Gasteiger partial charge in [0.1, 0.15) is 0 Å². The number of carbonyl (C=O) groups excluding carboxylic acids is 2. The smallest absolute Gasteiger partial charge is 0.337 e. The molecular formula is C29H29N3O5S. The third-order valence-corrected chi connectivity index (χ3v) is 7.59. The number of esters is 1. The molecule has 0 unspecified atom stereocenters. The number of fused-ring (bicyclic) bond motifs is 1. The van der Waals surface area contributed by atoms with E-state index in [0.29, 0.717) is 5.39 Å². The maximum atomic E-state index is 13.5. The molecule has 0 saturated heterocycles. The number of benzene rings is 4. The molecule has 8 nitrogen and oxygen atoms in total. The highest BCUT2D eigenvalue weighted by molar-refractivity contribution is 7.93. The van der Waals surface area contributed by atoms with E-state index < -0.39 is 21.9 Å². The molecule has 1 atom stereocenters. The zero-order valence-corrected chi connectivity index (χ0v) is 22.4. The Labute approximate surface area is 222 Å². The van der Waals surface area contributed by atoms with Crippen LogP contribution in [0, 0.1) is 0 Å². The van der Waals surface area contributed by atoms with Crippen molar-refractivity contribution in [3.63, 3.8) is 0 Å². The quantitative estimate of drug-likeness (QED) is 0.311. The Balaban J connectivity index is 1.71. The van der Waals surface area contributed by atoms with Crippen molar-refractivity contribution in [2.45, 2.75) is 17.9 Å². The molecule has 196 valence electrons. The summed E-state index contributed by atoms with van der Waals surface area (Å²) in [6.07, 6.45) is 0. The number of amides is 1. The van der Waals surface area contributed by atoms with Gasteiger partial charge in [-0.05, 0) is 42.8 Å². The summed E-state index contributed by atoms with van der Waals surface area (Å²) >= 11 is 0. The highest BCUT2D eigenvalue weighted by Crippen LogP contribution is 2.31. The van der Waals surface area contributed by atoms with Gasteiger partial charge in [0.2, 0.25) is 0 Å². The Hall–Kier alpha value is -4.37. The van der Waals surface area contributed by atoms with Crippen LogP contribution in [0.25, 0.3) is 10.8 Å². The Bertz CT molecular complexity index is 1600. The van der Waals surface area contributed by atoms with Crippen molar-refractivity contribution < 1.29 is 22.7 Å². The fourth-order valence-corrected chi connectivity index (χ4v) is 5.52. The third kappa shape index (κ3) is 5.63. The van der Waals surface area contributed by atoms with Crippen molar-refractivity contribution in [1.82, 2.24) is 5.32 Å². The molecule has 0 spiro atoms. The number of hydrogen-bond acceptors (Lipinski definition) is 6. The number of nitrogens with zero attached hydrogens (tertiary/aromatic N) is 1. The highest BCUT2D eigenvalue weighted by Gasteiger charge is 2.22. The number of nitrogens with one attached hydrogen (secondary N) is 2. The van der Waals surface area contributed by atoms with Crippen molar-refractivity contribution in [3.8, 4) is 0 Å². The summed E-state index contributed by atoms with van der Waals surface area (Å²) in [6.45, 7) is 1.84. The van der Waals surface area contributed by atoms with Gasteiger partial charge in [-0.2, -0.15) is 0 Å². The van der Waals surface area contributed by atoms with Gasteiger partial charge < -0.3 is 15.0 Å². The minimum atomic E-state index is -4.09. The van der Waals surface area contributed by atoms with E-state index in [1.54, 1.807) is 18.2 Å². The van der Waals surface area contributed by atoms with Crippen LogP contribution < -0.4 is 14.9 Å². The van der Waals surface area contributed by atoms with Crippen molar-refractivity contribution in [2.24, 2.45) is 0 Å². The summed E-state index contributed by atoms with van der Waals surface area (Å²) in [7, 11) is 0.898. The number of sulfonamides is 1. The maximum absolute atomic E-state index is 13.5. The molecule has 0 saturated carbocycles. The standard InChI is InChI=1S/C29H29N3O5S/c1-19(20-10-6-5-7-11-20)30-28(33)21-16-22(29(34)37-4)18-23(17-21)31-38(35,36)27-15-9-12-24-25(27)13-8-14-26(24)32(2)3/h5-19,31H,1-4H3,(H,30,33)/t19-/m1/s1. The topological polar surface area (TPSA) is 105 Å². The van der Waals surface area contributed by atoms with Gasteiger partial charge in [-0.3, -0.25) is 9.52 Å². The second-order valence-corrected chi connectivity index (χ2v) is 10.7. The Morgan fingerprint density at radius 1 is 0.842 bits per heavy atom. The number of rotatable bonds is 8. The van der Waals surface area contributed by atoms with Gasteiger partial charge in [-0.15, -0.1) is 0 Å². The van der Waals surface area contributed by atoms with Crippen LogP contribution in [0.1, 0.15) is 39.2 Å². The molecule has 0 heterocycles. The van der Waals surface area contributed by atoms with E-state index in [2.05, 4.69) is 10.0 Å². The van der Waals surface area contributed by atoms with Gasteiger partial charge in [0.25, 0.3) is 15.9 Å². The van der Waals surface area contributed by atoms with Gasteiger partial charge in [0, 0.05) is 36.1 Å². The van der Waals surface area contributed by atoms with Crippen molar-refractivity contribution in [1.29, 1.82) is 0 Å². The fraction of sp³-hybridized carbons (Fsp3) is 0.172. The molecule has 0 fully saturated rings. The summed E-state index contributed by atoms with van der Waals surface area (Å²) in [5, 5.41) is 4.21. The Morgan fingerprint density at radius 2 is 1.50 bits per heavy atom. The van der Waals surface area contributed by atoms with Crippen molar-refractivity contribution in [3.05, 3.63) is 102 Å². The van der Waals surface area contributed by atoms with Crippen LogP contribution in [-0.4, -0.2) is 41.5 Å². The molecule has 4 aromatic rings. The molecular weight excluding hydrogens is 502 g/mol. The van der Waals surface area contributed by atoms with Gasteiger partial charge >= 0.3 is 5.97 Å². The second-order valence-electron chi connectivity index (χ2n) is 9.02. The average molecular weight is 532 g/mol. The fourth-order valence-electron chi connectivity index (χ4n) is 4.26. The SMILES string of the molecule is COC(=O)c1cc(NS(=O)(=O)c2cccc3c(N(C)C)cccc23)cc(C(=O)N[C@H](C)c2ccccc2)c1. The lowest BCUT2D eigenvalue weighted by Gasteiger charge is -2.18. The number of ether oxygens (including phenoxy) is 1. The number of hydrogen-bond donors (Lipinski definition) is 2. The summed E-state index contributed by atoms with van der Waals surface area (Å²) < 4.78 is 34.5. The first-order valence-corrected chi connectivity index (χ1v) is 13.4. The zero-order chi connectivity index (χ0) is 27.4. The number of anilines is 2. The Kier molecular flexibility index (Phi) is 7.68. The van der Waals surface area contributed by atoms with Crippen LogP contribution in [0.3, 0.4) is 0 Å². The van der Waals surface area contributed by atoms with Gasteiger partial charge in [0.05, 0.1) is 29.3 Å². The molecule has 4 rings (SSSR count). The lowest BCUT2D eigenvalue weighted by Crippen LogP contribution is -2.27. The van der Waals surface area contributed by atoms with E-state index in [-0.39, 0.29) is 27.8 Å². The first kappa shape index (κ1) is 26.7. The first-order chi connectivity index (χ1) is 18.1. The molecule has 0 bridgehead atoms. The molecule has 38 heavy (non-hydrogen) atoms. The van der Waals surface area contributed by atoms with Crippen LogP contribution >= 0.6 is 0 Å². The molecule has 1 amide bonds. The molecule has 0 aliphatic heterocycles. The predicted octanol–water partition coefficient (Wildman–Crippen LogP) is 4.98. The Morgan fingerprint density at radius 3 is 2.18 bits per heavy atom. The minimum Gasteiger partial charge on any atom is -0.465 e. The zero-order valence-electron chi connectivity index (χ0n) is 21.6. The van der Waals surface area contributed by atoms with E-state index in [1.807, 2.05) is 68.4 Å². The molecule has 0 aliphatic rings. The van der Waals surface area contributed by atoms with Gasteiger partial charge in [-0.25, -0.2) is 13.2 Å². The number of carbonyl (C=O) groups is 2. The van der Waals surface area contributed by atoms with E-state index in [4.69, 9.17) is 4.74 Å². The summed E-state index contributed by atoms with van der Waals surface area (Å²) in [5.41, 5.74) is 1.99. The third-order valence-electron chi connectivity index (χ3n) is 6.15. The normalized spacial score (nSPS) is 12.0. The van der Waals surface area contributed by atoms with E-state index in [0.717, 1.165) is 16.6 Å². The van der Waals surface area contributed by atoms with Crippen LogP contribution in [0.15, 0.2) is 89.8 Å².